The molecule has 1 aromatic rings. The lowest BCUT2D eigenvalue weighted by molar-refractivity contribution is 1.03. The molecule has 0 N–H and O–H groups in total. The van der Waals surface area contributed by atoms with Gasteiger partial charge in [0.1, 0.15) is 4.32 Å². The van der Waals surface area contributed by atoms with Gasteiger partial charge in [0.2, 0.25) is 0 Å². The molecule has 0 aliphatic carbocycles. The van der Waals surface area contributed by atoms with Crippen LogP contribution in [0.4, 0.5) is 5.69 Å². The lowest BCUT2D eigenvalue weighted by Gasteiger charge is -2.18. The topological polar surface area (TPSA) is 27.0 Å². The van der Waals surface area contributed by atoms with Crippen LogP contribution in [0.15, 0.2) is 18.2 Å². The molecule has 0 radical (unpaired) electrons. The predicted molar refractivity (Wildman–Crippen MR) is 68.3 cm³/mol. The Hall–Kier alpha value is -1.05. The molecule has 15 heavy (non-hydrogen) atoms. The second kappa shape index (κ2) is 4.21. The maximum Gasteiger partial charge on any atom is 0.140 e. The average molecular weight is 234 g/mol. The Morgan fingerprint density at radius 1 is 1.60 bits per heavy atom. The first-order chi connectivity index (χ1) is 7.26. The van der Waals surface area contributed by atoms with Crippen LogP contribution in [-0.2, 0) is 6.42 Å². The lowest BCUT2D eigenvalue weighted by Crippen LogP contribution is -2.24. The average Bonchev–Trinajstić information content (AvgIpc) is 2.70. The van der Waals surface area contributed by atoms with Crippen LogP contribution in [0.3, 0.4) is 0 Å². The summed E-state index contributed by atoms with van der Waals surface area (Å²) >= 11 is 6.86. The van der Waals surface area contributed by atoms with Gasteiger partial charge in [-0.3, -0.25) is 0 Å². The molecule has 0 atom stereocenters. The molecule has 76 valence electrons. The van der Waals surface area contributed by atoms with Crippen LogP contribution in [0.5, 0.6) is 0 Å². The fourth-order valence-electron chi connectivity index (χ4n) is 1.77. The van der Waals surface area contributed by atoms with E-state index >= 15 is 0 Å². The Balaban J connectivity index is 2.37. The summed E-state index contributed by atoms with van der Waals surface area (Å²) in [4.78, 5) is 2.14. The molecule has 1 heterocycles. The van der Waals surface area contributed by atoms with Crippen molar-refractivity contribution in [3.63, 3.8) is 0 Å². The van der Waals surface area contributed by atoms with E-state index in [1.54, 1.807) is 11.8 Å². The van der Waals surface area contributed by atoms with Crippen LogP contribution in [-0.4, -0.2) is 17.1 Å². The number of thiocarbonyl (C=S) groups is 1. The van der Waals surface area contributed by atoms with E-state index in [2.05, 4.69) is 11.0 Å². The minimum Gasteiger partial charge on any atom is -0.327 e. The molecule has 0 amide bonds. The third kappa shape index (κ3) is 1.85. The summed E-state index contributed by atoms with van der Waals surface area (Å²) in [5.74, 6) is 0. The Labute approximate surface area is 98.9 Å². The van der Waals surface area contributed by atoms with Crippen LogP contribution in [0.1, 0.15) is 11.1 Å². The van der Waals surface area contributed by atoms with Crippen molar-refractivity contribution in [1.29, 1.82) is 5.26 Å². The van der Waals surface area contributed by atoms with Gasteiger partial charge in [-0.1, -0.05) is 12.2 Å². The molecular weight excluding hydrogens is 224 g/mol. The van der Waals surface area contributed by atoms with Crippen molar-refractivity contribution >= 4 is 34.0 Å². The lowest BCUT2D eigenvalue weighted by atomic mass is 10.1. The van der Waals surface area contributed by atoms with Gasteiger partial charge in [0.25, 0.3) is 0 Å². The Morgan fingerprint density at radius 3 is 3.07 bits per heavy atom. The SMILES string of the molecule is CSC(=S)N1CCc2cc(C#N)ccc21. The number of thioether (sulfide) groups is 1. The normalized spacial score (nSPS) is 13.5. The van der Waals surface area contributed by atoms with E-state index in [9.17, 15) is 0 Å². The van der Waals surface area contributed by atoms with E-state index < -0.39 is 0 Å². The number of nitrogens with zero attached hydrogens (tertiary/aromatic N) is 2. The predicted octanol–water partition coefficient (Wildman–Crippen LogP) is 2.57. The van der Waals surface area contributed by atoms with E-state index in [-0.39, 0.29) is 0 Å². The second-order valence-corrected chi connectivity index (χ2v) is 4.77. The second-order valence-electron chi connectivity index (χ2n) is 3.33. The van der Waals surface area contributed by atoms with Gasteiger partial charge < -0.3 is 4.90 Å². The molecule has 2 nitrogen and oxygen atoms in total. The third-order valence-electron chi connectivity index (χ3n) is 2.50. The highest BCUT2D eigenvalue weighted by Gasteiger charge is 2.21. The molecule has 2 rings (SSSR count). The minimum absolute atomic E-state index is 0.727. The number of hydrogen-bond acceptors (Lipinski definition) is 3. The number of nitriles is 1. The number of hydrogen-bond donors (Lipinski definition) is 0. The van der Waals surface area contributed by atoms with Gasteiger partial charge in [0, 0.05) is 12.2 Å². The summed E-state index contributed by atoms with van der Waals surface area (Å²) in [7, 11) is 0. The molecular formula is C11H10N2S2. The molecule has 0 unspecified atom stereocenters. The van der Waals surface area contributed by atoms with E-state index in [0.717, 1.165) is 28.5 Å². The summed E-state index contributed by atoms with van der Waals surface area (Å²) in [6.45, 7) is 0.934. The Kier molecular flexibility index (Phi) is 2.94. The van der Waals surface area contributed by atoms with Crippen molar-refractivity contribution in [2.75, 3.05) is 17.7 Å². The van der Waals surface area contributed by atoms with Crippen molar-refractivity contribution < 1.29 is 0 Å². The fourth-order valence-corrected chi connectivity index (χ4v) is 2.37. The fraction of sp³-hybridized carbons (Fsp3) is 0.273. The maximum atomic E-state index is 8.80. The molecule has 0 fully saturated rings. The van der Waals surface area contributed by atoms with Gasteiger partial charge in [-0.15, -0.1) is 11.8 Å². The molecule has 0 aromatic heterocycles. The summed E-state index contributed by atoms with van der Waals surface area (Å²) in [5, 5.41) is 8.80. The summed E-state index contributed by atoms with van der Waals surface area (Å²) in [5.41, 5.74) is 3.12. The minimum atomic E-state index is 0.727. The number of fused-ring (bicyclic) bond motifs is 1. The zero-order chi connectivity index (χ0) is 10.8. The van der Waals surface area contributed by atoms with E-state index in [0.29, 0.717) is 0 Å². The van der Waals surface area contributed by atoms with Crippen LogP contribution in [0.2, 0.25) is 0 Å². The highest BCUT2D eigenvalue weighted by molar-refractivity contribution is 8.22. The molecule has 1 aliphatic heterocycles. The highest BCUT2D eigenvalue weighted by atomic mass is 32.2. The van der Waals surface area contributed by atoms with Gasteiger partial charge in [0.05, 0.1) is 11.6 Å². The Bertz CT molecular complexity index is 448. The number of anilines is 1. The molecule has 0 bridgehead atoms. The summed E-state index contributed by atoms with van der Waals surface area (Å²) in [6, 6.07) is 7.95. The Morgan fingerprint density at radius 2 is 2.40 bits per heavy atom. The third-order valence-corrected chi connectivity index (χ3v) is 3.79. The van der Waals surface area contributed by atoms with Crippen LogP contribution < -0.4 is 4.90 Å². The van der Waals surface area contributed by atoms with Crippen molar-refractivity contribution in [3.05, 3.63) is 29.3 Å². The van der Waals surface area contributed by atoms with Crippen molar-refractivity contribution in [1.82, 2.24) is 0 Å². The summed E-state index contributed by atoms with van der Waals surface area (Å²) < 4.78 is 0.901. The van der Waals surface area contributed by atoms with Gasteiger partial charge in [0.15, 0.2) is 0 Å². The van der Waals surface area contributed by atoms with E-state index in [4.69, 9.17) is 17.5 Å². The van der Waals surface area contributed by atoms with E-state index in [1.807, 2.05) is 24.5 Å². The van der Waals surface area contributed by atoms with Crippen LogP contribution >= 0.6 is 24.0 Å². The van der Waals surface area contributed by atoms with Gasteiger partial charge in [-0.25, -0.2) is 0 Å². The smallest absolute Gasteiger partial charge is 0.140 e. The van der Waals surface area contributed by atoms with Gasteiger partial charge in [-0.05, 0) is 36.4 Å². The molecule has 4 heteroatoms. The van der Waals surface area contributed by atoms with Gasteiger partial charge in [-0.2, -0.15) is 5.26 Å². The zero-order valence-electron chi connectivity index (χ0n) is 8.36. The first kappa shape index (κ1) is 10.5. The van der Waals surface area contributed by atoms with Crippen molar-refractivity contribution in [2.45, 2.75) is 6.42 Å². The van der Waals surface area contributed by atoms with Crippen molar-refractivity contribution in [2.24, 2.45) is 0 Å². The summed E-state index contributed by atoms with van der Waals surface area (Å²) in [6.07, 6.45) is 2.97. The quantitative estimate of drug-likeness (QED) is 0.645. The molecule has 0 spiro atoms. The van der Waals surface area contributed by atoms with Crippen LogP contribution in [0.25, 0.3) is 0 Å². The van der Waals surface area contributed by atoms with Crippen molar-refractivity contribution in [3.8, 4) is 6.07 Å². The highest BCUT2D eigenvalue weighted by Crippen LogP contribution is 2.30. The molecule has 1 aliphatic rings. The largest absolute Gasteiger partial charge is 0.327 e. The first-order valence-corrected chi connectivity index (χ1v) is 6.28. The monoisotopic (exact) mass is 234 g/mol. The molecule has 1 aromatic carbocycles. The first-order valence-electron chi connectivity index (χ1n) is 4.65. The standard InChI is InChI=1S/C11H10N2S2/c1-15-11(14)13-5-4-9-6-8(7-12)2-3-10(9)13/h2-3,6H,4-5H2,1H3. The maximum absolute atomic E-state index is 8.80. The molecule has 0 saturated carbocycles. The number of rotatable bonds is 0. The number of benzene rings is 1. The van der Waals surface area contributed by atoms with E-state index in [1.165, 1.54) is 5.56 Å². The molecule has 0 saturated heterocycles. The van der Waals surface area contributed by atoms with Gasteiger partial charge >= 0.3 is 0 Å². The van der Waals surface area contributed by atoms with Crippen LogP contribution in [0, 0.1) is 11.3 Å². The zero-order valence-corrected chi connectivity index (χ0v) is 9.99.